The summed E-state index contributed by atoms with van der Waals surface area (Å²) in [5, 5.41) is 4.39. The van der Waals surface area contributed by atoms with Crippen molar-refractivity contribution in [3.8, 4) is 5.69 Å². The minimum Gasteiger partial charge on any atom is -0.366 e. The molecule has 1 heterocycles. The first-order valence-electron chi connectivity index (χ1n) is 5.13. The Hall–Kier alpha value is -1.62. The summed E-state index contributed by atoms with van der Waals surface area (Å²) in [5.74, 6) is -0.454. The van der Waals surface area contributed by atoms with Crippen molar-refractivity contribution in [2.45, 2.75) is 13.8 Å². The molecule has 1 amide bonds. The highest BCUT2D eigenvalue weighted by Gasteiger charge is 2.14. The van der Waals surface area contributed by atoms with E-state index < -0.39 is 5.91 Å². The van der Waals surface area contributed by atoms with Gasteiger partial charge in [-0.05, 0) is 41.9 Å². The van der Waals surface area contributed by atoms with Gasteiger partial charge in [0.2, 0.25) is 0 Å². The van der Waals surface area contributed by atoms with Crippen LogP contribution in [0.25, 0.3) is 5.69 Å². The standard InChI is InChI=1S/C12H12BrN3O/c1-7-11(13)8(2)16(15-7)10-6-4-3-5-9(10)12(14)17/h3-6H,1-2H3,(H2,14,17). The van der Waals surface area contributed by atoms with Gasteiger partial charge in [0.15, 0.2) is 0 Å². The lowest BCUT2D eigenvalue weighted by Crippen LogP contribution is -2.15. The number of amides is 1. The summed E-state index contributed by atoms with van der Waals surface area (Å²) in [6, 6.07) is 7.16. The third kappa shape index (κ3) is 1.98. The minimum absolute atomic E-state index is 0.454. The Balaban J connectivity index is 2.68. The molecule has 2 rings (SSSR count). The largest absolute Gasteiger partial charge is 0.366 e. The Morgan fingerprint density at radius 3 is 2.53 bits per heavy atom. The number of para-hydroxylation sites is 1. The van der Waals surface area contributed by atoms with E-state index in [1.165, 1.54) is 0 Å². The van der Waals surface area contributed by atoms with Gasteiger partial charge in [0, 0.05) is 0 Å². The van der Waals surface area contributed by atoms with Gasteiger partial charge in [-0.2, -0.15) is 5.10 Å². The third-order valence-corrected chi connectivity index (χ3v) is 3.75. The number of hydrogen-bond acceptors (Lipinski definition) is 2. The molecule has 0 saturated heterocycles. The van der Waals surface area contributed by atoms with Crippen molar-refractivity contribution in [2.75, 3.05) is 0 Å². The molecule has 0 unspecified atom stereocenters. The first-order valence-corrected chi connectivity index (χ1v) is 5.92. The Kier molecular flexibility index (Phi) is 3.02. The number of nitrogens with two attached hydrogens (primary N) is 1. The van der Waals surface area contributed by atoms with Gasteiger partial charge >= 0.3 is 0 Å². The van der Waals surface area contributed by atoms with Crippen molar-refractivity contribution >= 4 is 21.8 Å². The summed E-state index contributed by atoms with van der Waals surface area (Å²) in [4.78, 5) is 11.4. The van der Waals surface area contributed by atoms with Crippen molar-refractivity contribution in [1.29, 1.82) is 0 Å². The summed E-state index contributed by atoms with van der Waals surface area (Å²) in [5.41, 5.74) is 8.34. The number of primary amides is 1. The van der Waals surface area contributed by atoms with Gasteiger partial charge in [0.25, 0.3) is 5.91 Å². The summed E-state index contributed by atoms with van der Waals surface area (Å²) >= 11 is 3.46. The highest BCUT2D eigenvalue weighted by molar-refractivity contribution is 9.10. The molecule has 1 aromatic heterocycles. The van der Waals surface area contributed by atoms with Gasteiger partial charge in [-0.3, -0.25) is 4.79 Å². The third-order valence-electron chi connectivity index (χ3n) is 2.60. The highest BCUT2D eigenvalue weighted by Crippen LogP contribution is 2.24. The predicted molar refractivity (Wildman–Crippen MR) is 69.3 cm³/mol. The molecule has 4 nitrogen and oxygen atoms in total. The van der Waals surface area contributed by atoms with Crippen LogP contribution in [0, 0.1) is 13.8 Å². The minimum atomic E-state index is -0.454. The molecule has 0 spiro atoms. The Bertz CT molecular complexity index is 589. The van der Waals surface area contributed by atoms with Gasteiger partial charge in [0.05, 0.1) is 27.1 Å². The molecule has 0 bridgehead atoms. The van der Waals surface area contributed by atoms with E-state index in [0.29, 0.717) is 11.3 Å². The molecule has 1 aromatic carbocycles. The quantitative estimate of drug-likeness (QED) is 0.924. The molecular weight excluding hydrogens is 282 g/mol. The molecule has 88 valence electrons. The van der Waals surface area contributed by atoms with Gasteiger partial charge in [-0.1, -0.05) is 12.1 Å². The van der Waals surface area contributed by atoms with E-state index >= 15 is 0 Å². The monoisotopic (exact) mass is 293 g/mol. The van der Waals surface area contributed by atoms with Crippen LogP contribution >= 0.6 is 15.9 Å². The van der Waals surface area contributed by atoms with Crippen LogP contribution in [0.1, 0.15) is 21.7 Å². The van der Waals surface area contributed by atoms with Crippen LogP contribution in [0.2, 0.25) is 0 Å². The van der Waals surface area contributed by atoms with Crippen LogP contribution in [0.3, 0.4) is 0 Å². The summed E-state index contributed by atoms with van der Waals surface area (Å²) in [6.45, 7) is 3.84. The van der Waals surface area contributed by atoms with Crippen molar-refractivity contribution in [3.63, 3.8) is 0 Å². The molecule has 0 radical (unpaired) electrons. The molecule has 0 aliphatic rings. The maximum atomic E-state index is 11.4. The lowest BCUT2D eigenvalue weighted by molar-refractivity contribution is 0.1000. The summed E-state index contributed by atoms with van der Waals surface area (Å²) in [6.07, 6.45) is 0. The smallest absolute Gasteiger partial charge is 0.250 e. The zero-order valence-electron chi connectivity index (χ0n) is 9.57. The van der Waals surface area contributed by atoms with Crippen molar-refractivity contribution in [3.05, 3.63) is 45.7 Å². The summed E-state index contributed by atoms with van der Waals surface area (Å²) < 4.78 is 2.66. The number of aryl methyl sites for hydroxylation is 1. The van der Waals surface area contributed by atoms with Crippen molar-refractivity contribution in [2.24, 2.45) is 5.73 Å². The topological polar surface area (TPSA) is 60.9 Å². The van der Waals surface area contributed by atoms with Gasteiger partial charge in [0.1, 0.15) is 0 Å². The lowest BCUT2D eigenvalue weighted by atomic mass is 10.1. The van der Waals surface area contributed by atoms with E-state index in [1.54, 1.807) is 16.8 Å². The van der Waals surface area contributed by atoms with Crippen LogP contribution in [0.4, 0.5) is 0 Å². The first-order chi connectivity index (χ1) is 8.02. The Labute approximate surface area is 108 Å². The number of halogens is 1. The second kappa shape index (κ2) is 4.33. The molecular formula is C12H12BrN3O. The zero-order chi connectivity index (χ0) is 12.6. The van der Waals surface area contributed by atoms with Gasteiger partial charge in [-0.25, -0.2) is 4.68 Å². The molecule has 17 heavy (non-hydrogen) atoms. The first kappa shape index (κ1) is 11.9. The number of hydrogen-bond donors (Lipinski definition) is 1. The van der Waals surface area contributed by atoms with E-state index in [9.17, 15) is 4.79 Å². The van der Waals surface area contributed by atoms with E-state index in [-0.39, 0.29) is 0 Å². The van der Waals surface area contributed by atoms with Crippen LogP contribution in [-0.4, -0.2) is 15.7 Å². The molecule has 2 aromatic rings. The molecule has 0 saturated carbocycles. The maximum Gasteiger partial charge on any atom is 0.250 e. The maximum absolute atomic E-state index is 11.4. The summed E-state index contributed by atoms with van der Waals surface area (Å²) in [7, 11) is 0. The average molecular weight is 294 g/mol. The number of nitrogens with zero attached hydrogens (tertiary/aromatic N) is 2. The second-order valence-electron chi connectivity index (χ2n) is 3.78. The second-order valence-corrected chi connectivity index (χ2v) is 4.57. The number of benzene rings is 1. The predicted octanol–water partition coefficient (Wildman–Crippen LogP) is 2.35. The van der Waals surface area contributed by atoms with Gasteiger partial charge < -0.3 is 5.73 Å². The molecule has 0 aliphatic heterocycles. The Morgan fingerprint density at radius 2 is 2.00 bits per heavy atom. The van der Waals surface area contributed by atoms with E-state index in [2.05, 4.69) is 21.0 Å². The van der Waals surface area contributed by atoms with Crippen LogP contribution < -0.4 is 5.73 Å². The molecule has 0 fully saturated rings. The fourth-order valence-electron chi connectivity index (χ4n) is 1.72. The van der Waals surface area contributed by atoms with E-state index in [4.69, 9.17) is 5.73 Å². The molecule has 0 aliphatic carbocycles. The highest BCUT2D eigenvalue weighted by atomic mass is 79.9. The number of carbonyl (C=O) groups excluding carboxylic acids is 1. The van der Waals surface area contributed by atoms with Crippen molar-refractivity contribution in [1.82, 2.24) is 9.78 Å². The van der Waals surface area contributed by atoms with E-state index in [0.717, 1.165) is 15.9 Å². The van der Waals surface area contributed by atoms with E-state index in [1.807, 2.05) is 26.0 Å². The average Bonchev–Trinajstić information content (AvgIpc) is 2.57. The normalized spacial score (nSPS) is 10.5. The lowest BCUT2D eigenvalue weighted by Gasteiger charge is -2.08. The fraction of sp³-hybridized carbons (Fsp3) is 0.167. The molecule has 2 N–H and O–H groups in total. The number of carbonyl (C=O) groups is 1. The number of aromatic nitrogens is 2. The SMILES string of the molecule is Cc1nn(-c2ccccc2C(N)=O)c(C)c1Br. The molecule has 5 heteroatoms. The van der Waals surface area contributed by atoms with Crippen molar-refractivity contribution < 1.29 is 4.79 Å². The number of rotatable bonds is 2. The Morgan fingerprint density at radius 1 is 1.35 bits per heavy atom. The van der Waals surface area contributed by atoms with Crippen LogP contribution in [0.15, 0.2) is 28.7 Å². The zero-order valence-corrected chi connectivity index (χ0v) is 11.2. The van der Waals surface area contributed by atoms with Gasteiger partial charge in [-0.15, -0.1) is 0 Å². The molecule has 0 atom stereocenters. The fourth-order valence-corrected chi connectivity index (χ4v) is 1.97. The van der Waals surface area contributed by atoms with Crippen LogP contribution in [0.5, 0.6) is 0 Å². The van der Waals surface area contributed by atoms with Crippen LogP contribution in [-0.2, 0) is 0 Å².